The van der Waals surface area contributed by atoms with Crippen molar-refractivity contribution < 1.29 is 24.9 Å². The number of hydrogen-bond donors (Lipinski definition) is 5. The second kappa shape index (κ2) is 7.08. The smallest absolute Gasteiger partial charge is 0.280 e. The molecule has 172 valence electrons. The molecule has 1 saturated heterocycles. The number of aromatic nitrogens is 4. The number of aliphatic hydroxyl groups is 3. The second-order valence-corrected chi connectivity index (χ2v) is 10.1. The van der Waals surface area contributed by atoms with E-state index in [4.69, 9.17) is 4.74 Å². The molecule has 5 fully saturated rings. The molecule has 11 nitrogen and oxygen atoms in total. The zero-order chi connectivity index (χ0) is 22.2. The Morgan fingerprint density at radius 2 is 1.84 bits per heavy atom. The van der Waals surface area contributed by atoms with Gasteiger partial charge in [0.05, 0.1) is 18.3 Å². The van der Waals surface area contributed by atoms with Gasteiger partial charge in [0.15, 0.2) is 17.4 Å². The number of fused-ring (bicyclic) bond motifs is 1. The summed E-state index contributed by atoms with van der Waals surface area (Å²) >= 11 is 0. The molecule has 0 aromatic carbocycles. The standard InChI is InChI=1S/C21H27N5O6/c27-7-12-14(28)15(29)18(32-12)26-8-22-13-16(26)23-20(24-17(13)30)25-19(31)21-4-9-1-10(5-21)3-11(2-9)6-21/h8-12,14-15,18,27-29H,1-7H2,(H2,23,24,25,30,31)/t9?,10?,11?,12-,14+,15-,18-,21?/m0/s1. The first-order valence-electron chi connectivity index (χ1n) is 11.3. The number of amides is 1. The minimum Gasteiger partial charge on any atom is -0.394 e. The van der Waals surface area contributed by atoms with E-state index in [9.17, 15) is 24.9 Å². The van der Waals surface area contributed by atoms with E-state index >= 15 is 0 Å². The fourth-order valence-corrected chi connectivity index (χ4v) is 6.91. The van der Waals surface area contributed by atoms with Crippen molar-refractivity contribution in [1.29, 1.82) is 0 Å². The Balaban J connectivity index is 1.31. The Labute approximate surface area is 182 Å². The summed E-state index contributed by atoms with van der Waals surface area (Å²) in [5.41, 5.74) is -0.785. The van der Waals surface area contributed by atoms with Crippen molar-refractivity contribution in [3.63, 3.8) is 0 Å². The van der Waals surface area contributed by atoms with Crippen LogP contribution in [0.4, 0.5) is 5.95 Å². The van der Waals surface area contributed by atoms with Crippen LogP contribution >= 0.6 is 0 Å². The molecule has 32 heavy (non-hydrogen) atoms. The van der Waals surface area contributed by atoms with Crippen molar-refractivity contribution in [2.24, 2.45) is 23.2 Å². The maximum absolute atomic E-state index is 13.3. The van der Waals surface area contributed by atoms with Crippen LogP contribution in [-0.2, 0) is 9.53 Å². The number of carbonyl (C=O) groups excluding carboxylic acids is 1. The Bertz CT molecular complexity index is 1090. The van der Waals surface area contributed by atoms with Gasteiger partial charge in [0.2, 0.25) is 11.9 Å². The molecule has 11 heteroatoms. The van der Waals surface area contributed by atoms with Gasteiger partial charge in [-0.3, -0.25) is 24.5 Å². The fourth-order valence-electron chi connectivity index (χ4n) is 6.91. The fraction of sp³-hybridized carbons (Fsp3) is 0.714. The Morgan fingerprint density at radius 3 is 2.44 bits per heavy atom. The van der Waals surface area contributed by atoms with Gasteiger partial charge >= 0.3 is 0 Å². The topological polar surface area (TPSA) is 163 Å². The molecule has 5 N–H and O–H groups in total. The lowest BCUT2D eigenvalue weighted by atomic mass is 9.49. The molecule has 4 saturated carbocycles. The predicted molar refractivity (Wildman–Crippen MR) is 110 cm³/mol. The quantitative estimate of drug-likeness (QED) is 0.435. The Kier molecular flexibility index (Phi) is 4.49. The van der Waals surface area contributed by atoms with Gasteiger partial charge in [-0.15, -0.1) is 0 Å². The summed E-state index contributed by atoms with van der Waals surface area (Å²) in [7, 11) is 0. The maximum atomic E-state index is 13.3. The van der Waals surface area contributed by atoms with Crippen LogP contribution < -0.4 is 10.9 Å². The van der Waals surface area contributed by atoms with Gasteiger partial charge < -0.3 is 20.1 Å². The van der Waals surface area contributed by atoms with Crippen LogP contribution in [0.25, 0.3) is 11.2 Å². The average molecular weight is 445 g/mol. The predicted octanol–water partition coefficient (Wildman–Crippen LogP) is -0.114. The summed E-state index contributed by atoms with van der Waals surface area (Å²) in [5.74, 6) is 1.74. The highest BCUT2D eigenvalue weighted by Gasteiger charge is 2.54. The van der Waals surface area contributed by atoms with Crippen LogP contribution in [0.3, 0.4) is 0 Å². The van der Waals surface area contributed by atoms with Crippen molar-refractivity contribution in [2.75, 3.05) is 11.9 Å². The molecule has 0 radical (unpaired) electrons. The molecule has 0 unspecified atom stereocenters. The number of ether oxygens (including phenoxy) is 1. The van der Waals surface area contributed by atoms with Crippen molar-refractivity contribution >= 4 is 23.0 Å². The van der Waals surface area contributed by atoms with E-state index < -0.39 is 42.1 Å². The zero-order valence-corrected chi connectivity index (χ0v) is 17.5. The third-order valence-corrected chi connectivity index (χ3v) is 7.98. The summed E-state index contributed by atoms with van der Waals surface area (Å²) in [6.45, 7) is -0.470. The third-order valence-electron chi connectivity index (χ3n) is 7.98. The molecular formula is C21H27N5O6. The van der Waals surface area contributed by atoms with E-state index in [1.807, 2.05) is 0 Å². The molecule has 3 heterocycles. The summed E-state index contributed by atoms with van der Waals surface area (Å²) in [4.78, 5) is 37.0. The number of nitrogens with one attached hydrogen (secondary N) is 2. The van der Waals surface area contributed by atoms with Crippen LogP contribution in [0.15, 0.2) is 11.1 Å². The summed E-state index contributed by atoms with van der Waals surface area (Å²) < 4.78 is 6.89. The number of hydrogen-bond acceptors (Lipinski definition) is 8. The SMILES string of the molecule is O=C(Nc1nc2c(ncn2[C@H]2O[C@@H](CO)[C@@H](O)[C@@H]2O)c(=O)[nH]1)C12CC3CC(CC(C3)C1)C2. The molecule has 0 spiro atoms. The van der Waals surface area contributed by atoms with Crippen LogP contribution in [0.5, 0.6) is 0 Å². The van der Waals surface area contributed by atoms with Gasteiger partial charge in [-0.25, -0.2) is 4.98 Å². The minimum atomic E-state index is -1.34. The molecule has 4 atom stereocenters. The number of H-pyrrole nitrogens is 1. The number of imidazole rings is 1. The lowest BCUT2D eigenvalue weighted by Crippen LogP contribution is -2.52. The van der Waals surface area contributed by atoms with Gasteiger partial charge in [-0.05, 0) is 56.3 Å². The zero-order valence-electron chi connectivity index (χ0n) is 17.5. The van der Waals surface area contributed by atoms with E-state index in [0.29, 0.717) is 17.8 Å². The largest absolute Gasteiger partial charge is 0.394 e. The molecule has 4 bridgehead atoms. The lowest BCUT2D eigenvalue weighted by molar-refractivity contribution is -0.140. The van der Waals surface area contributed by atoms with Crippen molar-refractivity contribution in [1.82, 2.24) is 19.5 Å². The van der Waals surface area contributed by atoms with Gasteiger partial charge in [0.25, 0.3) is 5.56 Å². The number of nitrogens with zero attached hydrogens (tertiary/aromatic N) is 3. The highest BCUT2D eigenvalue weighted by Crippen LogP contribution is 2.60. The minimum absolute atomic E-state index is 0.0236. The summed E-state index contributed by atoms with van der Waals surface area (Å²) in [6, 6.07) is 0. The Morgan fingerprint density at radius 1 is 1.19 bits per heavy atom. The van der Waals surface area contributed by atoms with E-state index in [2.05, 4.69) is 20.3 Å². The van der Waals surface area contributed by atoms with Crippen LogP contribution in [0, 0.1) is 23.2 Å². The van der Waals surface area contributed by atoms with E-state index in [1.165, 1.54) is 30.2 Å². The first kappa shape index (κ1) is 20.3. The average Bonchev–Trinajstić information content (AvgIpc) is 3.28. The van der Waals surface area contributed by atoms with Crippen LogP contribution in [0.1, 0.15) is 44.8 Å². The molecule has 2 aromatic rings. The highest BCUT2D eigenvalue weighted by atomic mass is 16.6. The van der Waals surface area contributed by atoms with Crippen molar-refractivity contribution in [2.45, 2.75) is 63.1 Å². The van der Waals surface area contributed by atoms with Crippen molar-refractivity contribution in [3.05, 3.63) is 16.7 Å². The number of aliphatic hydroxyl groups excluding tert-OH is 3. The van der Waals surface area contributed by atoms with E-state index in [1.54, 1.807) is 0 Å². The molecule has 1 aliphatic heterocycles. The van der Waals surface area contributed by atoms with Gasteiger partial charge in [0.1, 0.15) is 18.3 Å². The van der Waals surface area contributed by atoms with E-state index in [0.717, 1.165) is 19.3 Å². The highest BCUT2D eigenvalue weighted by molar-refractivity contribution is 5.94. The lowest BCUT2D eigenvalue weighted by Gasteiger charge is -2.55. The van der Waals surface area contributed by atoms with Gasteiger partial charge in [-0.2, -0.15) is 4.98 Å². The summed E-state index contributed by atoms with van der Waals surface area (Å²) in [5, 5.41) is 32.6. The van der Waals surface area contributed by atoms with Crippen molar-refractivity contribution in [3.8, 4) is 0 Å². The second-order valence-electron chi connectivity index (χ2n) is 10.1. The van der Waals surface area contributed by atoms with E-state index in [-0.39, 0.29) is 23.0 Å². The maximum Gasteiger partial charge on any atom is 0.280 e. The molecular weight excluding hydrogens is 418 g/mol. The molecule has 4 aliphatic carbocycles. The molecule has 1 amide bonds. The molecule has 5 aliphatic rings. The van der Waals surface area contributed by atoms with Gasteiger partial charge in [-0.1, -0.05) is 0 Å². The first-order chi connectivity index (χ1) is 15.4. The Hall–Kier alpha value is -2.34. The first-order valence-corrected chi connectivity index (χ1v) is 11.3. The van der Waals surface area contributed by atoms with Crippen LogP contribution in [0.2, 0.25) is 0 Å². The normalized spacial score (nSPS) is 40.3. The number of rotatable bonds is 4. The number of anilines is 1. The number of aromatic amines is 1. The summed E-state index contributed by atoms with van der Waals surface area (Å²) in [6.07, 6.45) is 2.94. The van der Waals surface area contributed by atoms with Gasteiger partial charge in [0, 0.05) is 0 Å². The monoisotopic (exact) mass is 445 g/mol. The van der Waals surface area contributed by atoms with Crippen LogP contribution in [-0.4, -0.2) is 65.7 Å². The molecule has 2 aromatic heterocycles. The molecule has 7 rings (SSSR count). The number of carbonyl (C=O) groups is 1. The third kappa shape index (κ3) is 2.95.